The van der Waals surface area contributed by atoms with Crippen LogP contribution >= 0.6 is 0 Å². The van der Waals surface area contributed by atoms with Gasteiger partial charge in [0.05, 0.1) is 0 Å². The van der Waals surface area contributed by atoms with Gasteiger partial charge in [-0.15, -0.1) is 0 Å². The first-order valence-electron chi connectivity index (χ1n) is 5.19. The van der Waals surface area contributed by atoms with E-state index in [2.05, 4.69) is 24.5 Å². The molecule has 1 rings (SSSR count). The molecule has 1 aliphatic rings. The largest absolute Gasteiger partial charge is 0.352 e. The SMILES string of the molecule is CCC(=O)NC1CCC(C)NC1C. The lowest BCUT2D eigenvalue weighted by Gasteiger charge is -2.34. The summed E-state index contributed by atoms with van der Waals surface area (Å²) in [7, 11) is 0. The first kappa shape index (κ1) is 10.5. The minimum atomic E-state index is 0.160. The highest BCUT2D eigenvalue weighted by Gasteiger charge is 2.25. The average molecular weight is 184 g/mol. The van der Waals surface area contributed by atoms with E-state index in [1.807, 2.05) is 6.92 Å². The van der Waals surface area contributed by atoms with Crippen LogP contribution in [0.3, 0.4) is 0 Å². The van der Waals surface area contributed by atoms with Gasteiger partial charge < -0.3 is 10.6 Å². The highest BCUT2D eigenvalue weighted by atomic mass is 16.1. The van der Waals surface area contributed by atoms with Crippen LogP contribution in [0.1, 0.15) is 40.0 Å². The summed E-state index contributed by atoms with van der Waals surface area (Å²) < 4.78 is 0. The Labute approximate surface area is 80.3 Å². The first-order chi connectivity index (χ1) is 6.13. The Hall–Kier alpha value is -0.570. The molecule has 76 valence electrons. The van der Waals surface area contributed by atoms with Gasteiger partial charge in [0.25, 0.3) is 0 Å². The molecule has 1 amide bonds. The zero-order valence-corrected chi connectivity index (χ0v) is 8.76. The lowest BCUT2D eigenvalue weighted by molar-refractivity contribution is -0.121. The summed E-state index contributed by atoms with van der Waals surface area (Å²) >= 11 is 0. The molecule has 0 aromatic rings. The molecule has 1 saturated heterocycles. The first-order valence-corrected chi connectivity index (χ1v) is 5.19. The van der Waals surface area contributed by atoms with E-state index in [0.29, 0.717) is 24.5 Å². The highest BCUT2D eigenvalue weighted by Crippen LogP contribution is 2.12. The van der Waals surface area contributed by atoms with Crippen molar-refractivity contribution in [1.29, 1.82) is 0 Å². The Morgan fingerprint density at radius 3 is 2.69 bits per heavy atom. The molecule has 0 saturated carbocycles. The monoisotopic (exact) mass is 184 g/mol. The third-order valence-corrected chi connectivity index (χ3v) is 2.73. The van der Waals surface area contributed by atoms with Crippen molar-refractivity contribution in [2.75, 3.05) is 0 Å². The maximum Gasteiger partial charge on any atom is 0.219 e. The van der Waals surface area contributed by atoms with Crippen molar-refractivity contribution in [3.8, 4) is 0 Å². The van der Waals surface area contributed by atoms with Gasteiger partial charge in [-0.1, -0.05) is 6.92 Å². The van der Waals surface area contributed by atoms with E-state index < -0.39 is 0 Å². The van der Waals surface area contributed by atoms with E-state index in [-0.39, 0.29) is 5.91 Å². The lowest BCUT2D eigenvalue weighted by Crippen LogP contribution is -2.54. The van der Waals surface area contributed by atoms with Crippen LogP contribution in [0.25, 0.3) is 0 Å². The van der Waals surface area contributed by atoms with Crippen molar-refractivity contribution in [2.24, 2.45) is 0 Å². The van der Waals surface area contributed by atoms with Gasteiger partial charge in [0, 0.05) is 24.5 Å². The molecule has 3 unspecified atom stereocenters. The number of amides is 1. The second kappa shape index (κ2) is 4.61. The van der Waals surface area contributed by atoms with Crippen molar-refractivity contribution in [2.45, 2.75) is 58.2 Å². The minimum Gasteiger partial charge on any atom is -0.352 e. The van der Waals surface area contributed by atoms with E-state index in [1.165, 1.54) is 0 Å². The van der Waals surface area contributed by atoms with Gasteiger partial charge in [0.2, 0.25) is 5.91 Å². The van der Waals surface area contributed by atoms with Crippen molar-refractivity contribution in [3.63, 3.8) is 0 Å². The van der Waals surface area contributed by atoms with Crippen molar-refractivity contribution >= 4 is 5.91 Å². The molecule has 1 heterocycles. The van der Waals surface area contributed by atoms with E-state index in [0.717, 1.165) is 12.8 Å². The molecule has 1 aliphatic heterocycles. The molecule has 0 bridgehead atoms. The Morgan fingerprint density at radius 2 is 2.15 bits per heavy atom. The third-order valence-electron chi connectivity index (χ3n) is 2.73. The molecule has 0 aliphatic carbocycles. The van der Waals surface area contributed by atoms with Gasteiger partial charge in [-0.3, -0.25) is 4.79 Å². The molecule has 13 heavy (non-hydrogen) atoms. The fraction of sp³-hybridized carbons (Fsp3) is 0.900. The maximum atomic E-state index is 11.2. The van der Waals surface area contributed by atoms with Crippen LogP contribution in [0.4, 0.5) is 0 Å². The lowest BCUT2D eigenvalue weighted by atomic mass is 9.95. The molecule has 3 heteroatoms. The van der Waals surface area contributed by atoms with Gasteiger partial charge in [-0.05, 0) is 26.7 Å². The second-order valence-corrected chi connectivity index (χ2v) is 3.96. The minimum absolute atomic E-state index is 0.160. The summed E-state index contributed by atoms with van der Waals surface area (Å²) in [6.45, 7) is 6.21. The standard InChI is InChI=1S/C10H20N2O/c1-4-10(13)12-9-6-5-7(2)11-8(9)3/h7-9,11H,4-6H2,1-3H3,(H,12,13). The molecule has 0 aromatic carbocycles. The summed E-state index contributed by atoms with van der Waals surface area (Å²) in [5, 5.41) is 6.48. The summed E-state index contributed by atoms with van der Waals surface area (Å²) in [6.07, 6.45) is 2.83. The van der Waals surface area contributed by atoms with Crippen LogP contribution in [0.2, 0.25) is 0 Å². The number of piperidine rings is 1. The second-order valence-electron chi connectivity index (χ2n) is 3.96. The van der Waals surface area contributed by atoms with Gasteiger partial charge >= 0.3 is 0 Å². The topological polar surface area (TPSA) is 41.1 Å². The zero-order chi connectivity index (χ0) is 9.84. The molecule has 0 radical (unpaired) electrons. The molecule has 2 N–H and O–H groups in total. The molecule has 3 nitrogen and oxygen atoms in total. The smallest absolute Gasteiger partial charge is 0.219 e. The van der Waals surface area contributed by atoms with Gasteiger partial charge in [-0.2, -0.15) is 0 Å². The van der Waals surface area contributed by atoms with Crippen molar-refractivity contribution in [3.05, 3.63) is 0 Å². The highest BCUT2D eigenvalue weighted by molar-refractivity contribution is 5.75. The number of rotatable bonds is 2. The summed E-state index contributed by atoms with van der Waals surface area (Å²) in [5.74, 6) is 0.160. The average Bonchev–Trinajstić information content (AvgIpc) is 2.09. The Balaban J connectivity index is 2.38. The summed E-state index contributed by atoms with van der Waals surface area (Å²) in [4.78, 5) is 11.2. The number of carbonyl (C=O) groups is 1. The zero-order valence-electron chi connectivity index (χ0n) is 8.76. The Kier molecular flexibility index (Phi) is 3.72. The Bertz CT molecular complexity index is 182. The van der Waals surface area contributed by atoms with Gasteiger partial charge in [-0.25, -0.2) is 0 Å². The predicted octanol–water partition coefficient (Wildman–Crippen LogP) is 1.04. The van der Waals surface area contributed by atoms with Crippen molar-refractivity contribution < 1.29 is 4.79 Å². The van der Waals surface area contributed by atoms with E-state index in [9.17, 15) is 4.79 Å². The quantitative estimate of drug-likeness (QED) is 0.673. The number of hydrogen-bond acceptors (Lipinski definition) is 2. The molecule has 0 spiro atoms. The maximum absolute atomic E-state index is 11.2. The van der Waals surface area contributed by atoms with E-state index in [1.54, 1.807) is 0 Å². The van der Waals surface area contributed by atoms with E-state index in [4.69, 9.17) is 0 Å². The van der Waals surface area contributed by atoms with Crippen LogP contribution in [-0.2, 0) is 4.79 Å². The number of nitrogens with one attached hydrogen (secondary N) is 2. The number of carbonyl (C=O) groups excluding carboxylic acids is 1. The molecular formula is C10H20N2O. The Morgan fingerprint density at radius 1 is 1.46 bits per heavy atom. The van der Waals surface area contributed by atoms with Crippen LogP contribution in [-0.4, -0.2) is 24.0 Å². The van der Waals surface area contributed by atoms with Crippen LogP contribution in [0.5, 0.6) is 0 Å². The molecule has 3 atom stereocenters. The third kappa shape index (κ3) is 2.99. The molecular weight excluding hydrogens is 164 g/mol. The summed E-state index contributed by atoms with van der Waals surface area (Å²) in [5.41, 5.74) is 0. The fourth-order valence-corrected chi connectivity index (χ4v) is 1.83. The summed E-state index contributed by atoms with van der Waals surface area (Å²) in [6, 6.07) is 1.31. The van der Waals surface area contributed by atoms with Crippen molar-refractivity contribution in [1.82, 2.24) is 10.6 Å². The molecule has 0 aromatic heterocycles. The van der Waals surface area contributed by atoms with Crippen LogP contribution in [0.15, 0.2) is 0 Å². The predicted molar refractivity (Wildman–Crippen MR) is 53.5 cm³/mol. The van der Waals surface area contributed by atoms with Crippen LogP contribution in [0, 0.1) is 0 Å². The van der Waals surface area contributed by atoms with Gasteiger partial charge in [0.1, 0.15) is 0 Å². The normalized spacial score (nSPS) is 34.2. The molecule has 1 fully saturated rings. The van der Waals surface area contributed by atoms with E-state index >= 15 is 0 Å². The number of hydrogen-bond donors (Lipinski definition) is 2. The van der Waals surface area contributed by atoms with Crippen LogP contribution < -0.4 is 10.6 Å². The van der Waals surface area contributed by atoms with Gasteiger partial charge in [0.15, 0.2) is 0 Å². The fourth-order valence-electron chi connectivity index (χ4n) is 1.83.